The predicted octanol–water partition coefficient (Wildman–Crippen LogP) is 6.35. The number of carbonyl (C=O) groups is 1. The van der Waals surface area contributed by atoms with Gasteiger partial charge in [0.2, 0.25) is 0 Å². The average Bonchev–Trinajstić information content (AvgIpc) is 3.33. The van der Waals surface area contributed by atoms with Crippen molar-refractivity contribution in [2.24, 2.45) is 0 Å². The van der Waals surface area contributed by atoms with Gasteiger partial charge in [-0.3, -0.25) is 0 Å². The zero-order valence-corrected chi connectivity index (χ0v) is 20.7. The van der Waals surface area contributed by atoms with E-state index in [1.165, 1.54) is 4.90 Å². The molecule has 3 aromatic carbocycles. The Balaban J connectivity index is 1.60. The van der Waals surface area contributed by atoms with Crippen LogP contribution in [-0.2, 0) is 6.54 Å². The smallest absolute Gasteiger partial charge is 0.323 e. The minimum atomic E-state index is -0.280. The maximum absolute atomic E-state index is 13.9. The Hall–Kier alpha value is -3.84. The van der Waals surface area contributed by atoms with Crippen LogP contribution in [0.15, 0.2) is 90.0 Å². The fourth-order valence-corrected chi connectivity index (χ4v) is 4.97. The van der Waals surface area contributed by atoms with Gasteiger partial charge in [0.25, 0.3) is 0 Å². The zero-order chi connectivity index (χ0) is 24.4. The third-order valence-electron chi connectivity index (χ3n) is 6.31. The summed E-state index contributed by atoms with van der Waals surface area (Å²) in [5.74, 6) is 1.20. The molecular formula is C28H27N3O3S. The van der Waals surface area contributed by atoms with E-state index in [4.69, 9.17) is 9.47 Å². The highest BCUT2D eigenvalue weighted by molar-refractivity contribution is 7.98. The molecule has 0 bridgehead atoms. The molecule has 0 saturated heterocycles. The number of hydrogen-bond acceptors (Lipinski definition) is 4. The third kappa shape index (κ3) is 4.35. The maximum atomic E-state index is 13.9. The van der Waals surface area contributed by atoms with Gasteiger partial charge in [-0.2, -0.15) is 0 Å². The van der Waals surface area contributed by atoms with Gasteiger partial charge < -0.3 is 24.3 Å². The van der Waals surface area contributed by atoms with E-state index in [0.717, 1.165) is 22.5 Å². The van der Waals surface area contributed by atoms with Crippen molar-refractivity contribution in [1.82, 2.24) is 9.47 Å². The number of thioether (sulfide) groups is 1. The van der Waals surface area contributed by atoms with Gasteiger partial charge in [0.1, 0.15) is 11.5 Å². The number of fused-ring (bicyclic) bond motifs is 3. The highest BCUT2D eigenvalue weighted by Gasteiger charge is 2.33. The SMILES string of the molecule is COc1ccc(NC(=O)N2Cc3ccccc3-n3cccc3[C@H]2c2ccc(SC)cc2)c(OC)c1. The lowest BCUT2D eigenvalue weighted by Crippen LogP contribution is -2.38. The molecule has 1 N–H and O–H groups in total. The van der Waals surface area contributed by atoms with Crippen molar-refractivity contribution in [1.29, 1.82) is 0 Å². The number of hydrogen-bond donors (Lipinski definition) is 1. The van der Waals surface area contributed by atoms with E-state index in [9.17, 15) is 4.79 Å². The number of aromatic nitrogens is 1. The first-order valence-corrected chi connectivity index (χ1v) is 12.5. The topological polar surface area (TPSA) is 55.7 Å². The zero-order valence-electron chi connectivity index (χ0n) is 19.9. The summed E-state index contributed by atoms with van der Waals surface area (Å²) in [6.07, 6.45) is 4.12. The summed E-state index contributed by atoms with van der Waals surface area (Å²) >= 11 is 1.70. The molecule has 1 aromatic heterocycles. The lowest BCUT2D eigenvalue weighted by molar-refractivity contribution is 0.194. The fraction of sp³-hybridized carbons (Fsp3) is 0.179. The molecule has 1 aliphatic rings. The molecular weight excluding hydrogens is 458 g/mol. The molecule has 0 saturated carbocycles. The highest BCUT2D eigenvalue weighted by atomic mass is 32.2. The molecule has 1 aliphatic heterocycles. The predicted molar refractivity (Wildman–Crippen MR) is 140 cm³/mol. The van der Waals surface area contributed by atoms with Crippen LogP contribution < -0.4 is 14.8 Å². The Morgan fingerprint density at radius 2 is 1.77 bits per heavy atom. The van der Waals surface area contributed by atoms with E-state index in [1.54, 1.807) is 44.2 Å². The lowest BCUT2D eigenvalue weighted by Gasteiger charge is -2.31. The van der Waals surface area contributed by atoms with E-state index in [0.29, 0.717) is 23.7 Å². The van der Waals surface area contributed by atoms with Crippen molar-refractivity contribution in [2.75, 3.05) is 25.8 Å². The third-order valence-corrected chi connectivity index (χ3v) is 7.05. The first-order valence-electron chi connectivity index (χ1n) is 11.3. The van der Waals surface area contributed by atoms with Gasteiger partial charge in [0.05, 0.1) is 38.2 Å². The van der Waals surface area contributed by atoms with Gasteiger partial charge in [-0.05, 0) is 59.8 Å². The molecule has 1 atom stereocenters. The minimum Gasteiger partial charge on any atom is -0.497 e. The maximum Gasteiger partial charge on any atom is 0.323 e. The van der Waals surface area contributed by atoms with Crippen molar-refractivity contribution in [3.63, 3.8) is 0 Å². The lowest BCUT2D eigenvalue weighted by atomic mass is 10.0. The Morgan fingerprint density at radius 1 is 0.971 bits per heavy atom. The molecule has 4 aromatic rings. The molecule has 6 nitrogen and oxygen atoms in total. The molecule has 0 spiro atoms. The summed E-state index contributed by atoms with van der Waals surface area (Å²) in [6, 6.07) is 25.6. The molecule has 7 heteroatoms. The number of benzene rings is 3. The van der Waals surface area contributed by atoms with Gasteiger partial charge in [0.15, 0.2) is 0 Å². The molecule has 0 aliphatic carbocycles. The highest BCUT2D eigenvalue weighted by Crippen LogP contribution is 2.38. The van der Waals surface area contributed by atoms with Gasteiger partial charge in [-0.15, -0.1) is 11.8 Å². The minimum absolute atomic E-state index is 0.211. The molecule has 0 unspecified atom stereocenters. The van der Waals surface area contributed by atoms with E-state index in [-0.39, 0.29) is 12.1 Å². The number of amides is 2. The average molecular weight is 486 g/mol. The van der Waals surface area contributed by atoms with Crippen LogP contribution in [0.25, 0.3) is 5.69 Å². The van der Waals surface area contributed by atoms with Crippen molar-refractivity contribution in [3.05, 3.63) is 102 Å². The van der Waals surface area contributed by atoms with E-state index in [1.807, 2.05) is 23.1 Å². The second-order valence-electron chi connectivity index (χ2n) is 8.23. The largest absolute Gasteiger partial charge is 0.497 e. The first-order chi connectivity index (χ1) is 17.1. The Morgan fingerprint density at radius 3 is 2.51 bits per heavy atom. The second kappa shape index (κ2) is 9.80. The molecule has 2 amide bonds. The van der Waals surface area contributed by atoms with Gasteiger partial charge in [-0.1, -0.05) is 30.3 Å². The molecule has 0 radical (unpaired) electrons. The van der Waals surface area contributed by atoms with E-state index >= 15 is 0 Å². The molecule has 35 heavy (non-hydrogen) atoms. The summed E-state index contributed by atoms with van der Waals surface area (Å²) in [4.78, 5) is 17.0. The number of carbonyl (C=O) groups excluding carboxylic acids is 1. The normalized spacial score (nSPS) is 14.5. The summed E-state index contributed by atoms with van der Waals surface area (Å²) in [6.45, 7) is 0.455. The number of ether oxygens (including phenoxy) is 2. The van der Waals surface area contributed by atoms with Crippen LogP contribution in [0.1, 0.15) is 22.9 Å². The van der Waals surface area contributed by atoms with E-state index < -0.39 is 0 Å². The summed E-state index contributed by atoms with van der Waals surface area (Å²) in [5.41, 5.74) is 4.82. The number of urea groups is 1. The molecule has 2 heterocycles. The van der Waals surface area contributed by atoms with Crippen LogP contribution in [0.2, 0.25) is 0 Å². The Kier molecular flexibility index (Phi) is 6.42. The molecule has 178 valence electrons. The van der Waals surface area contributed by atoms with E-state index in [2.05, 4.69) is 64.8 Å². The van der Waals surface area contributed by atoms with Crippen LogP contribution in [0.4, 0.5) is 10.5 Å². The Labute approximate surface area is 209 Å². The standard InChI is InChI=1S/C28H27N3O3S/c1-33-21-12-15-23(26(17-21)34-2)29-28(32)31-18-20-7-4-5-8-24(20)30-16-6-9-25(30)27(31)19-10-13-22(35-3)14-11-19/h4-17,27H,18H2,1-3H3,(H,29,32)/t27-/m1/s1. The second-order valence-corrected chi connectivity index (χ2v) is 9.11. The first kappa shape index (κ1) is 22.9. The number of nitrogens with one attached hydrogen (secondary N) is 1. The van der Waals surface area contributed by atoms with Crippen molar-refractivity contribution in [3.8, 4) is 17.2 Å². The quantitative estimate of drug-likeness (QED) is 0.335. The number of para-hydroxylation sites is 1. The van der Waals surface area contributed by atoms with Gasteiger partial charge >= 0.3 is 6.03 Å². The van der Waals surface area contributed by atoms with Crippen LogP contribution >= 0.6 is 11.8 Å². The number of nitrogens with zero attached hydrogens (tertiary/aromatic N) is 2. The van der Waals surface area contributed by atoms with Crippen LogP contribution in [0.5, 0.6) is 11.5 Å². The summed E-state index contributed by atoms with van der Waals surface area (Å²) in [5, 5.41) is 3.08. The van der Waals surface area contributed by atoms with Gasteiger partial charge in [0, 0.05) is 22.9 Å². The molecule has 5 rings (SSSR count). The summed E-state index contributed by atoms with van der Waals surface area (Å²) < 4.78 is 13.0. The number of anilines is 1. The fourth-order valence-electron chi connectivity index (χ4n) is 4.57. The molecule has 0 fully saturated rings. The van der Waals surface area contributed by atoms with Crippen molar-refractivity contribution in [2.45, 2.75) is 17.5 Å². The van der Waals surface area contributed by atoms with Gasteiger partial charge in [-0.25, -0.2) is 4.79 Å². The van der Waals surface area contributed by atoms with Crippen LogP contribution in [0, 0.1) is 0 Å². The number of methoxy groups -OCH3 is 2. The van der Waals surface area contributed by atoms with Crippen molar-refractivity contribution >= 4 is 23.5 Å². The van der Waals surface area contributed by atoms with Crippen molar-refractivity contribution < 1.29 is 14.3 Å². The van der Waals surface area contributed by atoms with Crippen LogP contribution in [0.3, 0.4) is 0 Å². The monoisotopic (exact) mass is 485 g/mol. The van der Waals surface area contributed by atoms with Crippen LogP contribution in [-0.4, -0.2) is 36.0 Å². The number of rotatable bonds is 5. The summed E-state index contributed by atoms with van der Waals surface area (Å²) in [7, 11) is 3.18. The Bertz CT molecular complexity index is 1350.